The average molecular weight is 362 g/mol. The number of aryl methyl sites for hydroxylation is 1. The number of hydrogen-bond acceptors (Lipinski definition) is 5. The van der Waals surface area contributed by atoms with Gasteiger partial charge < -0.3 is 9.47 Å². The van der Waals surface area contributed by atoms with Crippen molar-refractivity contribution < 1.29 is 14.3 Å². The second-order valence-corrected chi connectivity index (χ2v) is 5.98. The molecule has 0 radical (unpaired) electrons. The third-order valence-electron chi connectivity index (χ3n) is 4.14. The van der Waals surface area contributed by atoms with Gasteiger partial charge in [0.15, 0.2) is 5.82 Å². The van der Waals surface area contributed by atoms with Crippen LogP contribution in [-0.4, -0.2) is 22.5 Å². The molecule has 0 aliphatic rings. The monoisotopic (exact) mass is 362 g/mol. The summed E-state index contributed by atoms with van der Waals surface area (Å²) in [6, 6.07) is 16.7. The van der Waals surface area contributed by atoms with Crippen molar-refractivity contribution in [2.45, 2.75) is 27.2 Å². The summed E-state index contributed by atoms with van der Waals surface area (Å²) in [6.07, 6.45) is 0.761. The van der Waals surface area contributed by atoms with E-state index in [0.717, 1.165) is 23.2 Å². The van der Waals surface area contributed by atoms with E-state index >= 15 is 0 Å². The lowest BCUT2D eigenvalue weighted by molar-refractivity contribution is 0.0526. The van der Waals surface area contributed by atoms with Crippen LogP contribution < -0.4 is 4.74 Å². The molecule has 5 heteroatoms. The Hall–Kier alpha value is -3.21. The topological polar surface area (TPSA) is 61.3 Å². The maximum Gasteiger partial charge on any atom is 0.338 e. The molecule has 2 aromatic carbocycles. The average Bonchev–Trinajstić information content (AvgIpc) is 2.69. The Morgan fingerprint density at radius 1 is 0.963 bits per heavy atom. The van der Waals surface area contributed by atoms with Crippen molar-refractivity contribution in [1.82, 2.24) is 9.97 Å². The van der Waals surface area contributed by atoms with Crippen LogP contribution >= 0.6 is 0 Å². The predicted octanol–water partition coefficient (Wildman–Crippen LogP) is 4.98. The fourth-order valence-corrected chi connectivity index (χ4v) is 2.76. The van der Waals surface area contributed by atoms with Crippen LogP contribution in [0.5, 0.6) is 11.6 Å². The van der Waals surface area contributed by atoms with Gasteiger partial charge in [-0.15, -0.1) is 0 Å². The zero-order valence-corrected chi connectivity index (χ0v) is 15.7. The molecule has 0 saturated heterocycles. The highest BCUT2D eigenvalue weighted by Crippen LogP contribution is 2.28. The van der Waals surface area contributed by atoms with Gasteiger partial charge in [0.25, 0.3) is 0 Å². The first-order chi connectivity index (χ1) is 13.1. The molecule has 27 heavy (non-hydrogen) atoms. The SMILES string of the molecule is CCOC(=O)c1ccc(Oc2nc(-c3ccccc3)nc(C)c2CC)cc1. The summed E-state index contributed by atoms with van der Waals surface area (Å²) in [4.78, 5) is 21.0. The van der Waals surface area contributed by atoms with Crippen LogP contribution in [0.25, 0.3) is 11.4 Å². The van der Waals surface area contributed by atoms with Crippen LogP contribution in [-0.2, 0) is 11.2 Å². The van der Waals surface area contributed by atoms with Gasteiger partial charge in [-0.25, -0.2) is 9.78 Å². The fourth-order valence-electron chi connectivity index (χ4n) is 2.76. The minimum atomic E-state index is -0.345. The molecule has 0 saturated carbocycles. The highest BCUT2D eigenvalue weighted by Gasteiger charge is 2.14. The number of carbonyl (C=O) groups is 1. The standard InChI is InChI=1S/C22H22N2O3/c1-4-19-15(3)23-20(16-9-7-6-8-10-16)24-21(19)27-18-13-11-17(12-14-18)22(25)26-5-2/h6-14H,4-5H2,1-3H3. The molecule has 0 bridgehead atoms. The Labute approximate surface area is 159 Å². The van der Waals surface area contributed by atoms with E-state index in [4.69, 9.17) is 9.47 Å². The third kappa shape index (κ3) is 4.31. The van der Waals surface area contributed by atoms with Crippen LogP contribution in [0.4, 0.5) is 0 Å². The van der Waals surface area contributed by atoms with Gasteiger partial charge in [0, 0.05) is 16.8 Å². The number of benzene rings is 2. The van der Waals surface area contributed by atoms with Crippen molar-refractivity contribution in [2.75, 3.05) is 6.61 Å². The van der Waals surface area contributed by atoms with E-state index in [1.165, 1.54) is 0 Å². The van der Waals surface area contributed by atoms with Crippen molar-refractivity contribution in [2.24, 2.45) is 0 Å². The van der Waals surface area contributed by atoms with E-state index in [-0.39, 0.29) is 5.97 Å². The summed E-state index contributed by atoms with van der Waals surface area (Å²) in [5, 5.41) is 0. The van der Waals surface area contributed by atoms with E-state index in [1.54, 1.807) is 31.2 Å². The number of aromatic nitrogens is 2. The quantitative estimate of drug-likeness (QED) is 0.579. The van der Waals surface area contributed by atoms with Crippen molar-refractivity contribution in [3.63, 3.8) is 0 Å². The maximum absolute atomic E-state index is 11.8. The lowest BCUT2D eigenvalue weighted by Gasteiger charge is -2.13. The molecule has 138 valence electrons. The molecule has 0 fully saturated rings. The highest BCUT2D eigenvalue weighted by molar-refractivity contribution is 5.89. The van der Waals surface area contributed by atoms with Gasteiger partial charge in [0.2, 0.25) is 5.88 Å². The minimum Gasteiger partial charge on any atom is -0.462 e. The summed E-state index contributed by atoms with van der Waals surface area (Å²) < 4.78 is 11.0. The lowest BCUT2D eigenvalue weighted by Crippen LogP contribution is -2.05. The summed E-state index contributed by atoms with van der Waals surface area (Å²) in [5.41, 5.74) is 3.28. The Kier molecular flexibility index (Phi) is 5.81. The molecule has 0 unspecified atom stereocenters. The first-order valence-corrected chi connectivity index (χ1v) is 9.00. The van der Waals surface area contributed by atoms with Crippen molar-refractivity contribution in [3.8, 4) is 23.0 Å². The molecule has 1 aromatic heterocycles. The molecule has 0 N–H and O–H groups in total. The Balaban J connectivity index is 1.91. The number of esters is 1. The van der Waals surface area contributed by atoms with Gasteiger partial charge >= 0.3 is 5.97 Å². The van der Waals surface area contributed by atoms with E-state index in [2.05, 4.69) is 9.97 Å². The molecule has 1 heterocycles. The van der Waals surface area contributed by atoms with Gasteiger partial charge in [0.1, 0.15) is 5.75 Å². The largest absolute Gasteiger partial charge is 0.462 e. The smallest absolute Gasteiger partial charge is 0.338 e. The number of rotatable bonds is 6. The number of carbonyl (C=O) groups excluding carboxylic acids is 1. The number of hydrogen-bond donors (Lipinski definition) is 0. The van der Waals surface area contributed by atoms with Crippen LogP contribution in [0.3, 0.4) is 0 Å². The first kappa shape index (κ1) is 18.6. The second kappa shape index (κ2) is 8.45. The Bertz CT molecular complexity index is 922. The molecule has 5 nitrogen and oxygen atoms in total. The minimum absolute atomic E-state index is 0.345. The Morgan fingerprint density at radius 2 is 1.67 bits per heavy atom. The maximum atomic E-state index is 11.8. The van der Waals surface area contributed by atoms with E-state index in [0.29, 0.717) is 29.6 Å². The normalized spacial score (nSPS) is 10.5. The van der Waals surface area contributed by atoms with E-state index in [1.807, 2.05) is 44.2 Å². The molecule has 0 atom stereocenters. The van der Waals surface area contributed by atoms with Gasteiger partial charge in [-0.1, -0.05) is 37.3 Å². The first-order valence-electron chi connectivity index (χ1n) is 9.00. The summed E-state index contributed by atoms with van der Waals surface area (Å²) >= 11 is 0. The van der Waals surface area contributed by atoms with Crippen LogP contribution in [0, 0.1) is 6.92 Å². The third-order valence-corrected chi connectivity index (χ3v) is 4.14. The molecule has 0 amide bonds. The van der Waals surface area contributed by atoms with E-state index in [9.17, 15) is 4.79 Å². The number of ether oxygens (including phenoxy) is 2. The van der Waals surface area contributed by atoms with Crippen LogP contribution in [0.1, 0.15) is 35.5 Å². The fraction of sp³-hybridized carbons (Fsp3) is 0.227. The van der Waals surface area contributed by atoms with Gasteiger partial charge in [-0.2, -0.15) is 4.98 Å². The molecular weight excluding hydrogens is 340 g/mol. The summed E-state index contributed by atoms with van der Waals surface area (Å²) in [7, 11) is 0. The van der Waals surface area contributed by atoms with E-state index < -0.39 is 0 Å². The zero-order valence-electron chi connectivity index (χ0n) is 15.7. The molecule has 3 aromatic rings. The predicted molar refractivity (Wildman–Crippen MR) is 104 cm³/mol. The highest BCUT2D eigenvalue weighted by atomic mass is 16.5. The van der Waals surface area contributed by atoms with Crippen molar-refractivity contribution in [1.29, 1.82) is 0 Å². The van der Waals surface area contributed by atoms with Gasteiger partial charge in [0.05, 0.1) is 12.2 Å². The molecule has 0 spiro atoms. The number of nitrogens with zero attached hydrogens (tertiary/aromatic N) is 2. The summed E-state index contributed by atoms with van der Waals surface area (Å²) in [5.74, 6) is 1.42. The van der Waals surface area contributed by atoms with Crippen molar-refractivity contribution in [3.05, 3.63) is 71.4 Å². The lowest BCUT2D eigenvalue weighted by atomic mass is 10.1. The van der Waals surface area contributed by atoms with Gasteiger partial charge in [-0.3, -0.25) is 0 Å². The van der Waals surface area contributed by atoms with Gasteiger partial charge in [-0.05, 0) is 44.5 Å². The Morgan fingerprint density at radius 3 is 2.30 bits per heavy atom. The molecule has 0 aliphatic heterocycles. The zero-order chi connectivity index (χ0) is 19.2. The molecular formula is C22H22N2O3. The van der Waals surface area contributed by atoms with Crippen LogP contribution in [0.15, 0.2) is 54.6 Å². The second-order valence-electron chi connectivity index (χ2n) is 5.98. The van der Waals surface area contributed by atoms with Crippen molar-refractivity contribution >= 4 is 5.97 Å². The summed E-state index contributed by atoms with van der Waals surface area (Å²) in [6.45, 7) is 6.14. The molecule has 3 rings (SSSR count). The van der Waals surface area contributed by atoms with Crippen LogP contribution in [0.2, 0.25) is 0 Å². The molecule has 0 aliphatic carbocycles.